The number of hydrogen-bond acceptors (Lipinski definition) is 9. The Bertz CT molecular complexity index is 1260. The van der Waals surface area contributed by atoms with Crippen molar-refractivity contribution in [3.05, 3.63) is 53.6 Å². The van der Waals surface area contributed by atoms with Gasteiger partial charge in [-0.1, -0.05) is 0 Å². The van der Waals surface area contributed by atoms with E-state index < -0.39 is 23.9 Å². The summed E-state index contributed by atoms with van der Waals surface area (Å²) >= 11 is 0. The first-order valence-corrected chi connectivity index (χ1v) is 11.6. The molecule has 4 rings (SSSR count). The fourth-order valence-electron chi connectivity index (χ4n) is 3.64. The molecule has 0 aromatic carbocycles. The van der Waals surface area contributed by atoms with Crippen LogP contribution in [-0.2, 0) is 10.9 Å². The molecule has 0 aliphatic carbocycles. The lowest BCUT2D eigenvalue weighted by molar-refractivity contribution is -0.141. The van der Waals surface area contributed by atoms with E-state index in [0.29, 0.717) is 61.1 Å². The number of pyridine rings is 2. The van der Waals surface area contributed by atoms with Crippen molar-refractivity contribution in [2.75, 3.05) is 48.4 Å². The zero-order valence-electron chi connectivity index (χ0n) is 20.2. The van der Waals surface area contributed by atoms with Gasteiger partial charge in [0.25, 0.3) is 5.91 Å². The minimum Gasteiger partial charge on any atom is -0.392 e. The zero-order chi connectivity index (χ0) is 26.6. The summed E-state index contributed by atoms with van der Waals surface area (Å²) in [6, 6.07) is 5.34. The summed E-state index contributed by atoms with van der Waals surface area (Å²) in [7, 11) is 0. The van der Waals surface area contributed by atoms with Crippen LogP contribution < -0.4 is 15.5 Å². The van der Waals surface area contributed by atoms with Crippen LogP contribution in [0.2, 0.25) is 0 Å². The predicted molar refractivity (Wildman–Crippen MR) is 130 cm³/mol. The molecule has 3 aromatic rings. The number of alkyl halides is 3. The van der Waals surface area contributed by atoms with Gasteiger partial charge in [0.2, 0.25) is 5.95 Å². The van der Waals surface area contributed by atoms with Gasteiger partial charge in [-0.25, -0.2) is 4.98 Å². The molecule has 1 amide bonds. The monoisotopic (exact) mass is 517 g/mol. The molecule has 1 fully saturated rings. The number of amides is 1. The maximum absolute atomic E-state index is 13.0. The third-order valence-electron chi connectivity index (χ3n) is 5.54. The van der Waals surface area contributed by atoms with Crippen LogP contribution in [0.4, 0.5) is 30.6 Å². The minimum absolute atomic E-state index is 0.189. The zero-order valence-corrected chi connectivity index (χ0v) is 20.2. The Morgan fingerprint density at radius 1 is 1.19 bits per heavy atom. The number of anilines is 3. The highest BCUT2D eigenvalue weighted by Gasteiger charge is 2.33. The molecule has 0 bridgehead atoms. The Balaban J connectivity index is 1.64. The van der Waals surface area contributed by atoms with Crippen LogP contribution in [0.25, 0.3) is 11.3 Å². The number of nitrogens with one attached hydrogen (secondary N) is 2. The molecule has 1 saturated heterocycles. The second-order valence-electron chi connectivity index (χ2n) is 8.50. The summed E-state index contributed by atoms with van der Waals surface area (Å²) in [6.07, 6.45) is -2.93. The normalized spacial score (nSPS) is 14.8. The summed E-state index contributed by atoms with van der Waals surface area (Å²) in [5.74, 6) is 0.234. The summed E-state index contributed by atoms with van der Waals surface area (Å²) in [4.78, 5) is 31.5. The first kappa shape index (κ1) is 26.2. The van der Waals surface area contributed by atoms with Crippen LogP contribution in [-0.4, -0.2) is 69.9 Å². The number of aliphatic hydroxyl groups is 1. The molecule has 1 unspecified atom stereocenters. The second kappa shape index (κ2) is 11.0. The molecule has 10 nitrogen and oxygen atoms in total. The topological polar surface area (TPSA) is 125 Å². The van der Waals surface area contributed by atoms with Crippen LogP contribution in [0.15, 0.2) is 36.7 Å². The SMILES string of the molecule is Cc1ncc(NC(=O)c2ccnc(C(F)(F)F)c2)cc1-c1cc(N2CCOCC2)nc(NCC(C)O)n1. The number of aryl methyl sites for hydroxylation is 1. The Morgan fingerprint density at radius 3 is 2.65 bits per heavy atom. The summed E-state index contributed by atoms with van der Waals surface area (Å²) in [5.41, 5.74) is 0.673. The van der Waals surface area contributed by atoms with Crippen molar-refractivity contribution in [1.29, 1.82) is 0 Å². The number of hydrogen-bond donors (Lipinski definition) is 3. The molecule has 1 atom stereocenters. The summed E-state index contributed by atoms with van der Waals surface area (Å²) in [5, 5.41) is 15.3. The van der Waals surface area contributed by atoms with Gasteiger partial charge in [0.05, 0.1) is 36.9 Å². The lowest BCUT2D eigenvalue weighted by atomic mass is 10.1. The average molecular weight is 518 g/mol. The van der Waals surface area contributed by atoms with Gasteiger partial charge in [-0.05, 0) is 32.0 Å². The van der Waals surface area contributed by atoms with E-state index in [4.69, 9.17) is 4.74 Å². The quantitative estimate of drug-likeness (QED) is 0.433. The highest BCUT2D eigenvalue weighted by atomic mass is 19.4. The number of aliphatic hydroxyl groups excluding tert-OH is 1. The van der Waals surface area contributed by atoms with Gasteiger partial charge in [-0.15, -0.1) is 0 Å². The smallest absolute Gasteiger partial charge is 0.392 e. The van der Waals surface area contributed by atoms with E-state index in [1.807, 2.05) is 0 Å². The van der Waals surface area contributed by atoms with Gasteiger partial charge in [-0.3, -0.25) is 14.8 Å². The number of carbonyl (C=O) groups is 1. The lowest BCUT2D eigenvalue weighted by Gasteiger charge is -2.28. The van der Waals surface area contributed by atoms with E-state index in [2.05, 4.69) is 35.5 Å². The van der Waals surface area contributed by atoms with Crippen LogP contribution in [0.5, 0.6) is 0 Å². The first-order chi connectivity index (χ1) is 17.6. The molecule has 0 radical (unpaired) electrons. The van der Waals surface area contributed by atoms with Crippen LogP contribution in [0.1, 0.15) is 28.7 Å². The molecule has 1 aliphatic heterocycles. The highest BCUT2D eigenvalue weighted by molar-refractivity contribution is 6.04. The summed E-state index contributed by atoms with van der Waals surface area (Å²) in [6.45, 7) is 6.06. The van der Waals surface area contributed by atoms with E-state index in [9.17, 15) is 23.1 Å². The molecule has 0 saturated carbocycles. The van der Waals surface area contributed by atoms with Gasteiger partial charge in [0, 0.05) is 48.7 Å². The van der Waals surface area contributed by atoms with Gasteiger partial charge in [0.1, 0.15) is 11.5 Å². The molecular weight excluding hydrogens is 491 g/mol. The van der Waals surface area contributed by atoms with E-state index in [1.165, 1.54) is 12.3 Å². The Morgan fingerprint density at radius 2 is 1.95 bits per heavy atom. The van der Waals surface area contributed by atoms with Crippen molar-refractivity contribution in [2.24, 2.45) is 0 Å². The van der Waals surface area contributed by atoms with Gasteiger partial charge >= 0.3 is 6.18 Å². The van der Waals surface area contributed by atoms with E-state index in [1.54, 1.807) is 26.0 Å². The third kappa shape index (κ3) is 6.68. The van der Waals surface area contributed by atoms with Gasteiger partial charge < -0.3 is 25.4 Å². The number of halogens is 3. The molecule has 0 spiro atoms. The van der Waals surface area contributed by atoms with Gasteiger partial charge in [0.15, 0.2) is 0 Å². The van der Waals surface area contributed by atoms with E-state index in [-0.39, 0.29) is 17.8 Å². The number of ether oxygens (including phenoxy) is 1. The van der Waals surface area contributed by atoms with Crippen LogP contribution >= 0.6 is 0 Å². The van der Waals surface area contributed by atoms with Crippen LogP contribution in [0, 0.1) is 6.92 Å². The average Bonchev–Trinajstić information content (AvgIpc) is 2.88. The second-order valence-corrected chi connectivity index (χ2v) is 8.50. The van der Waals surface area contributed by atoms with Crippen molar-refractivity contribution in [3.8, 4) is 11.3 Å². The molecule has 1 aliphatic rings. The Kier molecular flexibility index (Phi) is 7.83. The van der Waals surface area contributed by atoms with Crippen molar-refractivity contribution in [3.63, 3.8) is 0 Å². The van der Waals surface area contributed by atoms with Gasteiger partial charge in [-0.2, -0.15) is 18.2 Å². The molecular formula is C24H26F3N7O3. The fourth-order valence-corrected chi connectivity index (χ4v) is 3.64. The molecule has 37 heavy (non-hydrogen) atoms. The number of morpholine rings is 1. The standard InChI is InChI=1S/C24H26F3N7O3/c1-14(35)12-30-23-32-19(11-21(33-23)34-5-7-37-8-6-34)18-10-17(13-29-15(18)2)31-22(36)16-3-4-28-20(9-16)24(25,26)27/h3-4,9-11,13-14,35H,5-8,12H2,1-2H3,(H,31,36)(H,30,32,33). The maximum atomic E-state index is 13.0. The molecule has 3 N–H and O–H groups in total. The van der Waals surface area contributed by atoms with Crippen molar-refractivity contribution in [2.45, 2.75) is 26.1 Å². The third-order valence-corrected chi connectivity index (χ3v) is 5.54. The Hall–Kier alpha value is -3.84. The lowest BCUT2D eigenvalue weighted by Crippen LogP contribution is -2.37. The molecule has 13 heteroatoms. The van der Waals surface area contributed by atoms with Crippen molar-refractivity contribution < 1.29 is 27.8 Å². The minimum atomic E-state index is -4.67. The first-order valence-electron chi connectivity index (χ1n) is 11.6. The van der Waals surface area contributed by atoms with E-state index in [0.717, 1.165) is 6.20 Å². The number of aromatic nitrogens is 4. The maximum Gasteiger partial charge on any atom is 0.433 e. The van der Waals surface area contributed by atoms with Crippen molar-refractivity contribution in [1.82, 2.24) is 19.9 Å². The largest absolute Gasteiger partial charge is 0.433 e. The van der Waals surface area contributed by atoms with Crippen molar-refractivity contribution >= 4 is 23.4 Å². The van der Waals surface area contributed by atoms with E-state index >= 15 is 0 Å². The molecule has 196 valence electrons. The van der Waals surface area contributed by atoms with Crippen LogP contribution in [0.3, 0.4) is 0 Å². The fraction of sp³-hybridized carbons (Fsp3) is 0.375. The highest BCUT2D eigenvalue weighted by Crippen LogP contribution is 2.29. The number of nitrogens with zero attached hydrogens (tertiary/aromatic N) is 5. The number of carbonyl (C=O) groups excluding carboxylic acids is 1. The summed E-state index contributed by atoms with van der Waals surface area (Å²) < 4.78 is 44.4. The predicted octanol–water partition coefficient (Wildman–Crippen LogP) is 3.14. The molecule has 4 heterocycles. The Labute approximate surface area is 210 Å². The molecule has 3 aromatic heterocycles. The number of rotatable bonds is 7.